The number of halogens is 1. The topological polar surface area (TPSA) is 52.7 Å². The number of carbonyl (C=O) groups is 2. The largest absolute Gasteiger partial charge is 0.372 e. The summed E-state index contributed by atoms with van der Waals surface area (Å²) in [6.45, 7) is 8.95. The fraction of sp³-hybridized carbons (Fsp3) is 0.333. The zero-order valence-corrected chi connectivity index (χ0v) is 16.3. The molecule has 0 saturated heterocycles. The van der Waals surface area contributed by atoms with Crippen molar-refractivity contribution in [3.8, 4) is 0 Å². The maximum Gasteiger partial charge on any atom is 0.244 e. The van der Waals surface area contributed by atoms with Gasteiger partial charge in [0.05, 0.1) is 5.69 Å². The zero-order valence-electron chi connectivity index (χ0n) is 16.3. The molecule has 2 aromatic rings. The number of carbonyl (C=O) groups excluding carboxylic acids is 2. The highest BCUT2D eigenvalue weighted by atomic mass is 19.1. The molecule has 2 aromatic carbocycles. The molecule has 0 spiro atoms. The van der Waals surface area contributed by atoms with Gasteiger partial charge in [0.2, 0.25) is 11.8 Å². The smallest absolute Gasteiger partial charge is 0.244 e. The monoisotopic (exact) mass is 371 g/mol. The summed E-state index contributed by atoms with van der Waals surface area (Å²) in [6.07, 6.45) is 0. The van der Waals surface area contributed by atoms with Gasteiger partial charge in [0.15, 0.2) is 0 Å². The summed E-state index contributed by atoms with van der Waals surface area (Å²) < 4.78 is 14.0. The van der Waals surface area contributed by atoms with Crippen LogP contribution in [0.2, 0.25) is 0 Å². The summed E-state index contributed by atoms with van der Waals surface area (Å²) in [7, 11) is 0. The van der Waals surface area contributed by atoms with Crippen LogP contribution in [-0.2, 0) is 9.59 Å². The SMILES string of the molecule is CCN(CC)c1ccc(NC(=O)CN(C(C)=O)c2ccccc2F)c(C)c1. The van der Waals surface area contributed by atoms with Crippen LogP contribution in [0.5, 0.6) is 0 Å². The third-order valence-electron chi connectivity index (χ3n) is 4.44. The van der Waals surface area contributed by atoms with E-state index in [1.807, 2.05) is 25.1 Å². The zero-order chi connectivity index (χ0) is 20.0. The maximum atomic E-state index is 14.0. The highest BCUT2D eigenvalue weighted by Gasteiger charge is 2.19. The molecule has 0 atom stereocenters. The Hall–Kier alpha value is -2.89. The van der Waals surface area contributed by atoms with E-state index in [9.17, 15) is 14.0 Å². The third-order valence-corrected chi connectivity index (χ3v) is 4.44. The van der Waals surface area contributed by atoms with E-state index in [1.54, 1.807) is 6.07 Å². The fourth-order valence-corrected chi connectivity index (χ4v) is 2.94. The van der Waals surface area contributed by atoms with Crippen LogP contribution in [-0.4, -0.2) is 31.4 Å². The number of para-hydroxylation sites is 1. The van der Waals surface area contributed by atoms with Gasteiger partial charge in [-0.05, 0) is 56.7 Å². The molecule has 144 valence electrons. The summed E-state index contributed by atoms with van der Waals surface area (Å²) in [5, 5.41) is 2.81. The summed E-state index contributed by atoms with van der Waals surface area (Å²) in [5.41, 5.74) is 2.78. The molecule has 2 rings (SSSR count). The Labute approximate surface area is 159 Å². The average Bonchev–Trinajstić information content (AvgIpc) is 2.63. The molecular weight excluding hydrogens is 345 g/mol. The van der Waals surface area contributed by atoms with Gasteiger partial charge in [-0.2, -0.15) is 0 Å². The van der Waals surface area contributed by atoms with Crippen LogP contribution in [0.25, 0.3) is 0 Å². The third kappa shape index (κ3) is 5.06. The predicted octanol–water partition coefficient (Wildman–Crippen LogP) is 3.97. The molecule has 0 aliphatic carbocycles. The number of benzene rings is 2. The number of nitrogens with zero attached hydrogens (tertiary/aromatic N) is 2. The molecule has 5 nitrogen and oxygen atoms in total. The molecule has 0 saturated carbocycles. The van der Waals surface area contributed by atoms with Crippen LogP contribution in [0.3, 0.4) is 0 Å². The minimum absolute atomic E-state index is 0.0914. The van der Waals surface area contributed by atoms with Crippen LogP contribution < -0.4 is 15.1 Å². The van der Waals surface area contributed by atoms with Gasteiger partial charge < -0.3 is 15.1 Å². The van der Waals surface area contributed by atoms with Crippen LogP contribution in [0.15, 0.2) is 42.5 Å². The van der Waals surface area contributed by atoms with E-state index in [0.717, 1.165) is 29.2 Å². The Morgan fingerprint density at radius 2 is 1.74 bits per heavy atom. The number of aryl methyl sites for hydroxylation is 1. The number of amides is 2. The van der Waals surface area contributed by atoms with Gasteiger partial charge in [-0.3, -0.25) is 9.59 Å². The standard InChI is InChI=1S/C21H26FN3O2/c1-5-24(6-2)17-11-12-19(15(3)13-17)23-21(27)14-25(16(4)26)20-10-8-7-9-18(20)22/h7-13H,5-6,14H2,1-4H3,(H,23,27). The number of nitrogens with one attached hydrogen (secondary N) is 1. The van der Waals surface area contributed by atoms with Crippen molar-refractivity contribution >= 4 is 28.9 Å². The second-order valence-corrected chi connectivity index (χ2v) is 6.28. The van der Waals surface area contributed by atoms with Crippen molar-refractivity contribution in [3.63, 3.8) is 0 Å². The Kier molecular flexibility index (Phi) is 6.93. The molecule has 0 fully saturated rings. The molecule has 27 heavy (non-hydrogen) atoms. The van der Waals surface area contributed by atoms with Crippen LogP contribution in [0.1, 0.15) is 26.3 Å². The van der Waals surface area contributed by atoms with Crippen molar-refractivity contribution in [1.29, 1.82) is 0 Å². The van der Waals surface area contributed by atoms with Gasteiger partial charge in [-0.25, -0.2) is 4.39 Å². The Bertz CT molecular complexity index is 819. The summed E-state index contributed by atoms with van der Waals surface area (Å²) in [4.78, 5) is 27.7. The molecule has 0 heterocycles. The van der Waals surface area contributed by atoms with E-state index in [1.165, 1.54) is 25.1 Å². The van der Waals surface area contributed by atoms with Gasteiger partial charge in [0, 0.05) is 31.4 Å². The van der Waals surface area contributed by atoms with Gasteiger partial charge in [-0.1, -0.05) is 12.1 Å². The molecule has 1 N–H and O–H groups in total. The van der Waals surface area contributed by atoms with E-state index >= 15 is 0 Å². The number of hydrogen-bond donors (Lipinski definition) is 1. The number of anilines is 3. The molecule has 0 aliphatic heterocycles. The summed E-state index contributed by atoms with van der Waals surface area (Å²) >= 11 is 0. The Morgan fingerprint density at radius 3 is 2.30 bits per heavy atom. The highest BCUT2D eigenvalue weighted by Crippen LogP contribution is 2.23. The lowest BCUT2D eigenvalue weighted by Crippen LogP contribution is -2.37. The van der Waals surface area contributed by atoms with Crippen LogP contribution in [0, 0.1) is 12.7 Å². The molecule has 2 amide bonds. The Balaban J connectivity index is 2.14. The van der Waals surface area contributed by atoms with E-state index in [-0.39, 0.29) is 18.1 Å². The van der Waals surface area contributed by atoms with Gasteiger partial charge in [0.1, 0.15) is 12.4 Å². The van der Waals surface area contributed by atoms with E-state index in [4.69, 9.17) is 0 Å². The van der Waals surface area contributed by atoms with Crippen LogP contribution in [0.4, 0.5) is 21.5 Å². The molecule has 0 bridgehead atoms. The second-order valence-electron chi connectivity index (χ2n) is 6.28. The van der Waals surface area contributed by atoms with Gasteiger partial charge >= 0.3 is 0 Å². The highest BCUT2D eigenvalue weighted by molar-refractivity contribution is 6.02. The van der Waals surface area contributed by atoms with Crippen molar-refractivity contribution < 1.29 is 14.0 Å². The molecule has 0 aromatic heterocycles. The van der Waals surface area contributed by atoms with Crippen molar-refractivity contribution in [1.82, 2.24) is 0 Å². The minimum atomic E-state index is -0.541. The average molecular weight is 371 g/mol. The molecule has 0 radical (unpaired) electrons. The minimum Gasteiger partial charge on any atom is -0.372 e. The van der Waals surface area contributed by atoms with Gasteiger partial charge in [0.25, 0.3) is 0 Å². The van der Waals surface area contributed by atoms with Crippen molar-refractivity contribution in [3.05, 3.63) is 53.8 Å². The van der Waals surface area contributed by atoms with E-state index < -0.39 is 11.7 Å². The first-order valence-electron chi connectivity index (χ1n) is 9.05. The van der Waals surface area contributed by atoms with Crippen molar-refractivity contribution in [2.24, 2.45) is 0 Å². The number of rotatable bonds is 7. The van der Waals surface area contributed by atoms with Gasteiger partial charge in [-0.15, -0.1) is 0 Å². The molecule has 6 heteroatoms. The van der Waals surface area contributed by atoms with Crippen molar-refractivity contribution in [2.45, 2.75) is 27.7 Å². The molecular formula is C21H26FN3O2. The first-order valence-corrected chi connectivity index (χ1v) is 9.05. The van der Waals surface area contributed by atoms with Crippen LogP contribution >= 0.6 is 0 Å². The first-order chi connectivity index (χ1) is 12.9. The first kappa shape index (κ1) is 20.4. The lowest BCUT2D eigenvalue weighted by Gasteiger charge is -2.23. The van der Waals surface area contributed by atoms with Crippen molar-refractivity contribution in [2.75, 3.05) is 34.8 Å². The predicted molar refractivity (Wildman–Crippen MR) is 108 cm³/mol. The summed E-state index contributed by atoms with van der Waals surface area (Å²) in [6, 6.07) is 11.7. The quantitative estimate of drug-likeness (QED) is 0.801. The molecule has 0 unspecified atom stereocenters. The lowest BCUT2D eigenvalue weighted by molar-refractivity contribution is -0.120. The molecule has 0 aliphatic rings. The Morgan fingerprint density at radius 1 is 1.07 bits per heavy atom. The maximum absolute atomic E-state index is 14.0. The van der Waals surface area contributed by atoms with E-state index in [0.29, 0.717) is 5.69 Å². The second kappa shape index (κ2) is 9.16. The number of hydrogen-bond acceptors (Lipinski definition) is 3. The lowest BCUT2D eigenvalue weighted by atomic mass is 10.1. The fourth-order valence-electron chi connectivity index (χ4n) is 2.94. The summed E-state index contributed by atoms with van der Waals surface area (Å²) in [5.74, 6) is -1.32. The van der Waals surface area contributed by atoms with E-state index in [2.05, 4.69) is 24.1 Å². The normalized spacial score (nSPS) is 10.4.